The molecular formula is C20H15F2N3O2. The summed E-state index contributed by atoms with van der Waals surface area (Å²) in [6, 6.07) is 12.2. The van der Waals surface area contributed by atoms with E-state index in [2.05, 4.69) is 9.97 Å². The lowest BCUT2D eigenvalue weighted by Crippen LogP contribution is -2.38. The van der Waals surface area contributed by atoms with Crippen molar-refractivity contribution in [2.45, 2.75) is 13.0 Å². The number of benzene rings is 1. The number of ether oxygens (including phenoxy) is 1. The molecule has 4 rings (SSSR count). The van der Waals surface area contributed by atoms with Crippen LogP contribution in [0, 0.1) is 11.8 Å². The molecule has 0 atom stereocenters. The predicted molar refractivity (Wildman–Crippen MR) is 94.5 cm³/mol. The maximum Gasteiger partial charge on any atom is 0.260 e. The molecule has 3 heterocycles. The maximum atomic E-state index is 13.2. The van der Waals surface area contributed by atoms with Gasteiger partial charge in [0.1, 0.15) is 12.4 Å². The summed E-state index contributed by atoms with van der Waals surface area (Å²) in [4.78, 5) is 22.3. The zero-order chi connectivity index (χ0) is 18.8. The fourth-order valence-corrected chi connectivity index (χ4v) is 2.97. The lowest BCUT2D eigenvalue weighted by molar-refractivity contribution is 0.0979. The third kappa shape index (κ3) is 3.62. The van der Waals surface area contributed by atoms with E-state index in [1.807, 2.05) is 0 Å². The number of carbonyl (C=O) groups excluding carboxylic acids is 1. The Balaban J connectivity index is 1.50. The standard InChI is InChI=1S/C20H15F2N3O2/c21-14-3-1-2-13(10-14)12-27-19-7-5-16-17(24-19)8-9-25(20(16)26)15-4-6-18(22)23-11-15/h1-7,10-11H,8-9,12H2. The van der Waals surface area contributed by atoms with E-state index in [0.717, 1.165) is 0 Å². The summed E-state index contributed by atoms with van der Waals surface area (Å²) < 4.78 is 31.8. The Hall–Kier alpha value is -3.35. The highest BCUT2D eigenvalue weighted by Crippen LogP contribution is 2.25. The second kappa shape index (κ2) is 7.11. The van der Waals surface area contributed by atoms with Crippen molar-refractivity contribution in [1.82, 2.24) is 9.97 Å². The molecule has 1 aliphatic heterocycles. The highest BCUT2D eigenvalue weighted by Gasteiger charge is 2.27. The first-order valence-electron chi connectivity index (χ1n) is 8.41. The molecule has 0 aliphatic carbocycles. The van der Waals surface area contributed by atoms with Crippen LogP contribution in [0.25, 0.3) is 0 Å². The van der Waals surface area contributed by atoms with Crippen LogP contribution in [0.15, 0.2) is 54.7 Å². The third-order valence-corrected chi connectivity index (χ3v) is 4.30. The molecule has 0 radical (unpaired) electrons. The molecule has 5 nitrogen and oxygen atoms in total. The van der Waals surface area contributed by atoms with Crippen LogP contribution in [0.3, 0.4) is 0 Å². The van der Waals surface area contributed by atoms with E-state index in [-0.39, 0.29) is 18.3 Å². The van der Waals surface area contributed by atoms with Crippen LogP contribution < -0.4 is 9.64 Å². The van der Waals surface area contributed by atoms with Crippen molar-refractivity contribution in [1.29, 1.82) is 0 Å². The van der Waals surface area contributed by atoms with Gasteiger partial charge >= 0.3 is 0 Å². The summed E-state index contributed by atoms with van der Waals surface area (Å²) in [6.45, 7) is 0.602. The molecule has 7 heteroatoms. The first-order chi connectivity index (χ1) is 13.1. The van der Waals surface area contributed by atoms with Crippen molar-refractivity contribution in [2.24, 2.45) is 0 Å². The molecule has 0 saturated carbocycles. The van der Waals surface area contributed by atoms with Gasteiger partial charge in [-0.25, -0.2) is 14.4 Å². The van der Waals surface area contributed by atoms with E-state index in [1.54, 1.807) is 29.2 Å². The molecule has 0 fully saturated rings. The van der Waals surface area contributed by atoms with Gasteiger partial charge in [0.15, 0.2) is 0 Å². The summed E-state index contributed by atoms with van der Waals surface area (Å²) in [5.41, 5.74) is 2.35. The number of hydrogen-bond donors (Lipinski definition) is 0. The SMILES string of the molecule is O=C1c2ccc(OCc3cccc(F)c3)nc2CCN1c1ccc(F)nc1. The van der Waals surface area contributed by atoms with Crippen LogP contribution in [0.5, 0.6) is 5.88 Å². The van der Waals surface area contributed by atoms with E-state index in [0.29, 0.717) is 41.4 Å². The van der Waals surface area contributed by atoms with E-state index >= 15 is 0 Å². The molecule has 0 saturated heterocycles. The lowest BCUT2D eigenvalue weighted by Gasteiger charge is -2.27. The van der Waals surface area contributed by atoms with Crippen molar-refractivity contribution < 1.29 is 18.3 Å². The van der Waals surface area contributed by atoms with Crippen molar-refractivity contribution in [3.8, 4) is 5.88 Å². The minimum absolute atomic E-state index is 0.185. The molecular weight excluding hydrogens is 352 g/mol. The largest absolute Gasteiger partial charge is 0.473 e. The van der Waals surface area contributed by atoms with Crippen molar-refractivity contribution in [2.75, 3.05) is 11.4 Å². The number of rotatable bonds is 4. The van der Waals surface area contributed by atoms with Crippen LogP contribution in [0.1, 0.15) is 21.6 Å². The van der Waals surface area contributed by atoms with Gasteiger partial charge in [0.05, 0.1) is 23.1 Å². The first kappa shape index (κ1) is 17.1. The van der Waals surface area contributed by atoms with Gasteiger partial charge in [0.2, 0.25) is 11.8 Å². The Morgan fingerprint density at radius 1 is 1.11 bits per heavy atom. The summed E-state index contributed by atoms with van der Waals surface area (Å²) in [5, 5.41) is 0. The first-order valence-corrected chi connectivity index (χ1v) is 8.41. The van der Waals surface area contributed by atoms with Crippen LogP contribution in [-0.2, 0) is 13.0 Å². The Kier molecular flexibility index (Phi) is 4.50. The Morgan fingerprint density at radius 2 is 2.00 bits per heavy atom. The van der Waals surface area contributed by atoms with Gasteiger partial charge in [0, 0.05) is 19.0 Å². The smallest absolute Gasteiger partial charge is 0.260 e. The van der Waals surface area contributed by atoms with Crippen molar-refractivity contribution >= 4 is 11.6 Å². The van der Waals surface area contributed by atoms with Gasteiger partial charge in [-0.15, -0.1) is 0 Å². The van der Waals surface area contributed by atoms with E-state index in [4.69, 9.17) is 4.74 Å². The van der Waals surface area contributed by atoms with Gasteiger partial charge < -0.3 is 9.64 Å². The second-order valence-corrected chi connectivity index (χ2v) is 6.11. The number of nitrogens with zero attached hydrogens (tertiary/aromatic N) is 3. The maximum absolute atomic E-state index is 13.2. The van der Waals surface area contributed by atoms with Gasteiger partial charge in [0.25, 0.3) is 5.91 Å². The molecule has 1 amide bonds. The minimum atomic E-state index is -0.592. The number of aromatic nitrogens is 2. The zero-order valence-electron chi connectivity index (χ0n) is 14.2. The summed E-state index contributed by atoms with van der Waals surface area (Å²) >= 11 is 0. The molecule has 0 spiro atoms. The second-order valence-electron chi connectivity index (χ2n) is 6.11. The van der Waals surface area contributed by atoms with Crippen LogP contribution in [-0.4, -0.2) is 22.4 Å². The van der Waals surface area contributed by atoms with Crippen LogP contribution in [0.4, 0.5) is 14.5 Å². The van der Waals surface area contributed by atoms with E-state index < -0.39 is 5.95 Å². The number of anilines is 1. The highest BCUT2D eigenvalue weighted by atomic mass is 19.1. The topological polar surface area (TPSA) is 55.3 Å². The summed E-state index contributed by atoms with van der Waals surface area (Å²) in [5.74, 6) is -0.752. The number of carbonyl (C=O) groups is 1. The number of pyridine rings is 2. The van der Waals surface area contributed by atoms with Crippen LogP contribution >= 0.6 is 0 Å². The Labute approximate surface area is 154 Å². The fourth-order valence-electron chi connectivity index (χ4n) is 2.97. The third-order valence-electron chi connectivity index (χ3n) is 4.30. The summed E-state index contributed by atoms with van der Waals surface area (Å²) in [7, 11) is 0. The molecule has 27 heavy (non-hydrogen) atoms. The average Bonchev–Trinajstić information content (AvgIpc) is 2.68. The zero-order valence-corrected chi connectivity index (χ0v) is 14.2. The highest BCUT2D eigenvalue weighted by molar-refractivity contribution is 6.07. The number of hydrogen-bond acceptors (Lipinski definition) is 4. The monoisotopic (exact) mass is 367 g/mol. The van der Waals surface area contributed by atoms with E-state index in [1.165, 1.54) is 30.5 Å². The number of fused-ring (bicyclic) bond motifs is 1. The molecule has 2 aromatic heterocycles. The Morgan fingerprint density at radius 3 is 2.78 bits per heavy atom. The predicted octanol–water partition coefficient (Wildman–Crippen LogP) is 3.54. The van der Waals surface area contributed by atoms with Gasteiger partial charge in [-0.1, -0.05) is 12.1 Å². The molecule has 0 unspecified atom stereocenters. The average molecular weight is 367 g/mol. The molecule has 3 aromatic rings. The van der Waals surface area contributed by atoms with Crippen molar-refractivity contribution in [3.05, 3.63) is 83.3 Å². The van der Waals surface area contributed by atoms with Gasteiger partial charge in [-0.05, 0) is 35.9 Å². The minimum Gasteiger partial charge on any atom is -0.473 e. The number of halogens is 2. The van der Waals surface area contributed by atoms with E-state index in [9.17, 15) is 13.6 Å². The normalized spacial score (nSPS) is 13.4. The molecule has 1 aliphatic rings. The molecule has 0 bridgehead atoms. The Bertz CT molecular complexity index is 993. The van der Waals surface area contributed by atoms with Gasteiger partial charge in [-0.3, -0.25) is 4.79 Å². The lowest BCUT2D eigenvalue weighted by atomic mass is 10.0. The van der Waals surface area contributed by atoms with Crippen LogP contribution in [0.2, 0.25) is 0 Å². The van der Waals surface area contributed by atoms with Crippen molar-refractivity contribution in [3.63, 3.8) is 0 Å². The fraction of sp³-hybridized carbons (Fsp3) is 0.150. The molecule has 136 valence electrons. The molecule has 1 aromatic carbocycles. The molecule has 0 N–H and O–H groups in total. The quantitative estimate of drug-likeness (QED) is 0.662. The summed E-state index contributed by atoms with van der Waals surface area (Å²) in [6.07, 6.45) is 1.87. The number of amides is 1. The van der Waals surface area contributed by atoms with Gasteiger partial charge in [-0.2, -0.15) is 4.39 Å².